The molecule has 10 heteroatoms. The number of likely N-dealkylation sites (tertiary alicyclic amines) is 1. The van der Waals surface area contributed by atoms with Gasteiger partial charge in [0.15, 0.2) is 5.65 Å². The standard InChI is InChI=1S/C29H31N7O3/c1-4-24(37)35-12-6-9-21(16-35)36-28-25(27(30)32-17-33-28)26(34-36)20-8-5-7-19(14-20)15-31-29(38)22-13-18(2)10-11-23(22)39-3/h4-5,7-8,10-11,13-14,17,21H,1,6,9,12,15-16H2,2-3H3,(H,31,38)(H2,30,32,33)/t21-/m1/s1. The van der Waals surface area contributed by atoms with Gasteiger partial charge in [0.2, 0.25) is 5.91 Å². The number of ether oxygens (including phenoxy) is 1. The Balaban J connectivity index is 1.44. The van der Waals surface area contributed by atoms with Crippen LogP contribution in [0.5, 0.6) is 5.75 Å². The van der Waals surface area contributed by atoms with Gasteiger partial charge in [0.05, 0.1) is 24.1 Å². The number of aryl methyl sites for hydroxylation is 1. The minimum absolute atomic E-state index is 0.0556. The van der Waals surface area contributed by atoms with E-state index in [0.29, 0.717) is 53.5 Å². The van der Waals surface area contributed by atoms with Crippen molar-refractivity contribution in [2.75, 3.05) is 25.9 Å². The van der Waals surface area contributed by atoms with Gasteiger partial charge in [0.1, 0.15) is 23.6 Å². The summed E-state index contributed by atoms with van der Waals surface area (Å²) < 4.78 is 7.22. The summed E-state index contributed by atoms with van der Waals surface area (Å²) in [6.45, 7) is 7.07. The van der Waals surface area contributed by atoms with Crippen molar-refractivity contribution in [2.24, 2.45) is 0 Å². The molecule has 0 bridgehead atoms. The molecule has 0 unspecified atom stereocenters. The van der Waals surface area contributed by atoms with Crippen LogP contribution in [0.2, 0.25) is 0 Å². The van der Waals surface area contributed by atoms with E-state index >= 15 is 0 Å². The summed E-state index contributed by atoms with van der Waals surface area (Å²) in [5, 5.41) is 8.59. The van der Waals surface area contributed by atoms with E-state index in [9.17, 15) is 9.59 Å². The molecule has 1 atom stereocenters. The van der Waals surface area contributed by atoms with E-state index in [1.165, 1.54) is 12.4 Å². The first-order chi connectivity index (χ1) is 18.9. The smallest absolute Gasteiger partial charge is 0.255 e. The summed E-state index contributed by atoms with van der Waals surface area (Å²) in [7, 11) is 1.55. The molecule has 0 radical (unpaired) electrons. The molecule has 0 spiro atoms. The van der Waals surface area contributed by atoms with E-state index < -0.39 is 0 Å². The highest BCUT2D eigenvalue weighted by atomic mass is 16.5. The van der Waals surface area contributed by atoms with Gasteiger partial charge < -0.3 is 20.7 Å². The average molecular weight is 526 g/mol. The van der Waals surface area contributed by atoms with Gasteiger partial charge in [-0.05, 0) is 49.6 Å². The van der Waals surface area contributed by atoms with Crippen molar-refractivity contribution in [3.05, 3.63) is 78.1 Å². The van der Waals surface area contributed by atoms with E-state index in [2.05, 4.69) is 21.9 Å². The predicted molar refractivity (Wildman–Crippen MR) is 149 cm³/mol. The van der Waals surface area contributed by atoms with Crippen LogP contribution in [0.1, 0.15) is 40.4 Å². The second-order valence-electron chi connectivity index (χ2n) is 9.62. The lowest BCUT2D eigenvalue weighted by molar-refractivity contribution is -0.127. The van der Waals surface area contributed by atoms with Crippen molar-refractivity contribution in [2.45, 2.75) is 32.4 Å². The maximum absolute atomic E-state index is 12.9. The third kappa shape index (κ3) is 5.18. The summed E-state index contributed by atoms with van der Waals surface area (Å²) in [5.41, 5.74) is 10.8. The van der Waals surface area contributed by atoms with E-state index in [-0.39, 0.29) is 17.9 Å². The molecule has 3 N–H and O–H groups in total. The molecule has 200 valence electrons. The first-order valence-electron chi connectivity index (χ1n) is 12.8. The predicted octanol–water partition coefficient (Wildman–Crippen LogP) is 3.67. The van der Waals surface area contributed by atoms with Gasteiger partial charge in [0, 0.05) is 25.2 Å². The highest BCUT2D eigenvalue weighted by molar-refractivity contribution is 5.99. The van der Waals surface area contributed by atoms with Crippen LogP contribution in [0.4, 0.5) is 5.82 Å². The number of anilines is 1. The van der Waals surface area contributed by atoms with Crippen molar-refractivity contribution in [1.82, 2.24) is 30.0 Å². The van der Waals surface area contributed by atoms with Crippen LogP contribution in [0.15, 0.2) is 61.4 Å². The highest BCUT2D eigenvalue weighted by Crippen LogP contribution is 2.34. The number of piperidine rings is 1. The van der Waals surface area contributed by atoms with Crippen LogP contribution in [0, 0.1) is 6.92 Å². The number of hydrogen-bond donors (Lipinski definition) is 2. The molecule has 2 amide bonds. The Kier molecular flexibility index (Phi) is 7.27. The molecule has 1 aliphatic heterocycles. The van der Waals surface area contributed by atoms with Crippen LogP contribution in [0.3, 0.4) is 0 Å². The lowest BCUT2D eigenvalue weighted by Crippen LogP contribution is -2.40. The van der Waals surface area contributed by atoms with E-state index in [1.54, 1.807) is 24.1 Å². The maximum Gasteiger partial charge on any atom is 0.255 e. The number of nitrogen functional groups attached to an aromatic ring is 1. The maximum atomic E-state index is 12.9. The first kappa shape index (κ1) is 25.9. The van der Waals surface area contributed by atoms with Crippen LogP contribution >= 0.6 is 0 Å². The number of methoxy groups -OCH3 is 1. The van der Waals surface area contributed by atoms with Crippen LogP contribution in [0.25, 0.3) is 22.3 Å². The summed E-state index contributed by atoms with van der Waals surface area (Å²) in [4.78, 5) is 35.7. The largest absolute Gasteiger partial charge is 0.496 e. The second kappa shape index (κ2) is 10.9. The second-order valence-corrected chi connectivity index (χ2v) is 9.62. The Bertz CT molecular complexity index is 1560. The normalized spacial score (nSPS) is 15.2. The number of carbonyl (C=O) groups is 2. The Morgan fingerprint density at radius 1 is 1.23 bits per heavy atom. The molecule has 1 fully saturated rings. The van der Waals surface area contributed by atoms with E-state index in [4.69, 9.17) is 15.6 Å². The molecule has 1 saturated heterocycles. The van der Waals surface area contributed by atoms with Crippen molar-refractivity contribution in [3.8, 4) is 17.0 Å². The van der Waals surface area contributed by atoms with Crippen LogP contribution in [-0.4, -0.2) is 56.7 Å². The fourth-order valence-corrected chi connectivity index (χ4v) is 5.04. The summed E-state index contributed by atoms with van der Waals surface area (Å²) in [5.74, 6) is 0.546. The number of amides is 2. The van der Waals surface area contributed by atoms with Gasteiger partial charge in [-0.1, -0.05) is 36.4 Å². The van der Waals surface area contributed by atoms with Gasteiger partial charge in [-0.2, -0.15) is 5.10 Å². The lowest BCUT2D eigenvalue weighted by Gasteiger charge is -2.32. The zero-order chi connectivity index (χ0) is 27.5. The molecule has 0 aliphatic carbocycles. The topological polar surface area (TPSA) is 128 Å². The van der Waals surface area contributed by atoms with Gasteiger partial charge in [-0.25, -0.2) is 14.6 Å². The zero-order valence-electron chi connectivity index (χ0n) is 22.1. The van der Waals surface area contributed by atoms with Gasteiger partial charge in [-0.15, -0.1) is 0 Å². The number of rotatable bonds is 7. The Hall–Kier alpha value is -4.73. The molecular formula is C29H31N7O3. The Morgan fingerprint density at radius 2 is 2.08 bits per heavy atom. The Labute approximate surface area is 226 Å². The fraction of sp³-hybridized carbons (Fsp3) is 0.276. The number of hydrogen-bond acceptors (Lipinski definition) is 7. The fourth-order valence-electron chi connectivity index (χ4n) is 5.04. The zero-order valence-corrected chi connectivity index (χ0v) is 22.1. The van der Waals surface area contributed by atoms with Crippen molar-refractivity contribution in [3.63, 3.8) is 0 Å². The third-order valence-electron chi connectivity index (χ3n) is 7.00. The molecule has 10 nitrogen and oxygen atoms in total. The lowest BCUT2D eigenvalue weighted by atomic mass is 10.1. The quantitative estimate of drug-likeness (QED) is 0.352. The molecule has 2 aromatic heterocycles. The molecule has 5 rings (SSSR count). The van der Waals surface area contributed by atoms with E-state index in [0.717, 1.165) is 29.5 Å². The monoisotopic (exact) mass is 525 g/mol. The summed E-state index contributed by atoms with van der Waals surface area (Å²) in [6.07, 6.45) is 4.48. The van der Waals surface area contributed by atoms with E-state index in [1.807, 2.05) is 41.9 Å². The number of aromatic nitrogens is 4. The number of nitrogens with two attached hydrogens (primary N) is 1. The van der Waals surface area contributed by atoms with Gasteiger partial charge in [0.25, 0.3) is 5.91 Å². The number of fused-ring (bicyclic) bond motifs is 1. The summed E-state index contributed by atoms with van der Waals surface area (Å²) >= 11 is 0. The molecule has 0 saturated carbocycles. The molecule has 3 heterocycles. The molecule has 4 aromatic rings. The molecule has 39 heavy (non-hydrogen) atoms. The minimum atomic E-state index is -0.218. The van der Waals surface area contributed by atoms with Gasteiger partial charge >= 0.3 is 0 Å². The Morgan fingerprint density at radius 3 is 2.87 bits per heavy atom. The SMILES string of the molecule is C=CC(=O)N1CCC[C@@H](n2nc(-c3cccc(CNC(=O)c4cc(C)ccc4OC)c3)c3c(N)ncnc32)C1. The first-order valence-corrected chi connectivity index (χ1v) is 12.8. The number of nitrogens with zero attached hydrogens (tertiary/aromatic N) is 5. The highest BCUT2D eigenvalue weighted by Gasteiger charge is 2.28. The minimum Gasteiger partial charge on any atom is -0.496 e. The number of benzene rings is 2. The third-order valence-corrected chi connectivity index (χ3v) is 7.00. The van der Waals surface area contributed by atoms with Gasteiger partial charge in [-0.3, -0.25) is 9.59 Å². The van der Waals surface area contributed by atoms with Crippen molar-refractivity contribution < 1.29 is 14.3 Å². The number of nitrogens with one attached hydrogen (secondary N) is 1. The average Bonchev–Trinajstić information content (AvgIpc) is 3.37. The number of carbonyl (C=O) groups excluding carboxylic acids is 2. The molecule has 2 aromatic carbocycles. The van der Waals surface area contributed by atoms with Crippen molar-refractivity contribution >= 4 is 28.7 Å². The molecular weight excluding hydrogens is 494 g/mol. The summed E-state index contributed by atoms with van der Waals surface area (Å²) in [6, 6.07) is 13.2. The van der Waals surface area contributed by atoms with Crippen LogP contribution < -0.4 is 15.8 Å². The molecule has 1 aliphatic rings. The van der Waals surface area contributed by atoms with Crippen LogP contribution in [-0.2, 0) is 11.3 Å². The van der Waals surface area contributed by atoms with Crippen molar-refractivity contribution in [1.29, 1.82) is 0 Å².